The maximum Gasteiger partial charge on any atom is 0.339 e. The molecule has 138 valence electrons. The standard InChI is InChI=1S/C19H21NO5S/c1-4-14-9-7-8-13(2)18(14)20-17(21)12-25-19(22)15-10-5-6-11-16(15)26(3,23)24/h5-11H,4,12H2,1-3H3,(H,20,21). The molecule has 0 spiro atoms. The smallest absolute Gasteiger partial charge is 0.339 e. The summed E-state index contributed by atoms with van der Waals surface area (Å²) in [6, 6.07) is 11.4. The summed E-state index contributed by atoms with van der Waals surface area (Å²) < 4.78 is 28.5. The third-order valence-corrected chi connectivity index (χ3v) is 5.00. The summed E-state index contributed by atoms with van der Waals surface area (Å²) in [5, 5.41) is 2.75. The fraction of sp³-hybridized carbons (Fsp3) is 0.263. The minimum absolute atomic E-state index is 0.0899. The summed E-state index contributed by atoms with van der Waals surface area (Å²) >= 11 is 0. The molecule has 2 aromatic rings. The minimum Gasteiger partial charge on any atom is -0.452 e. The zero-order valence-electron chi connectivity index (χ0n) is 14.9. The molecule has 6 nitrogen and oxygen atoms in total. The summed E-state index contributed by atoms with van der Waals surface area (Å²) in [7, 11) is -3.58. The highest BCUT2D eigenvalue weighted by Gasteiger charge is 2.20. The molecule has 1 N–H and O–H groups in total. The Balaban J connectivity index is 2.09. The molecule has 2 aromatic carbocycles. The number of anilines is 1. The van der Waals surface area contributed by atoms with Gasteiger partial charge in [0, 0.05) is 11.9 Å². The van der Waals surface area contributed by atoms with Crippen LogP contribution in [0.5, 0.6) is 0 Å². The Labute approximate surface area is 153 Å². The first-order valence-electron chi connectivity index (χ1n) is 8.08. The van der Waals surface area contributed by atoms with E-state index >= 15 is 0 Å². The van der Waals surface area contributed by atoms with Gasteiger partial charge in [0.1, 0.15) is 0 Å². The van der Waals surface area contributed by atoms with Crippen molar-refractivity contribution in [3.8, 4) is 0 Å². The number of carbonyl (C=O) groups is 2. The van der Waals surface area contributed by atoms with Gasteiger partial charge in [-0.25, -0.2) is 13.2 Å². The summed E-state index contributed by atoms with van der Waals surface area (Å²) in [6.07, 6.45) is 1.76. The van der Waals surface area contributed by atoms with Gasteiger partial charge in [-0.1, -0.05) is 37.3 Å². The zero-order valence-corrected chi connectivity index (χ0v) is 15.7. The lowest BCUT2D eigenvalue weighted by molar-refractivity contribution is -0.119. The highest BCUT2D eigenvalue weighted by Crippen LogP contribution is 2.21. The van der Waals surface area contributed by atoms with Crippen molar-refractivity contribution in [2.24, 2.45) is 0 Å². The van der Waals surface area contributed by atoms with Crippen LogP contribution in [0.25, 0.3) is 0 Å². The molecule has 0 bridgehead atoms. The second-order valence-corrected chi connectivity index (χ2v) is 7.84. The van der Waals surface area contributed by atoms with Gasteiger partial charge in [-0.05, 0) is 36.6 Å². The van der Waals surface area contributed by atoms with Gasteiger partial charge in [-0.15, -0.1) is 0 Å². The molecule has 0 fully saturated rings. The van der Waals surface area contributed by atoms with Gasteiger partial charge in [0.05, 0.1) is 10.5 Å². The van der Waals surface area contributed by atoms with Crippen LogP contribution in [-0.2, 0) is 25.8 Å². The lowest BCUT2D eigenvalue weighted by atomic mass is 10.1. The summed E-state index contributed by atoms with van der Waals surface area (Å²) in [5.74, 6) is -1.35. The Morgan fingerprint density at radius 3 is 2.42 bits per heavy atom. The van der Waals surface area contributed by atoms with E-state index in [2.05, 4.69) is 5.32 Å². The normalized spacial score (nSPS) is 11.0. The highest BCUT2D eigenvalue weighted by molar-refractivity contribution is 7.90. The van der Waals surface area contributed by atoms with Crippen LogP contribution in [0.4, 0.5) is 5.69 Å². The van der Waals surface area contributed by atoms with Gasteiger partial charge < -0.3 is 10.1 Å². The van der Waals surface area contributed by atoms with Crippen LogP contribution >= 0.6 is 0 Å². The fourth-order valence-corrected chi connectivity index (χ4v) is 3.42. The van der Waals surface area contributed by atoms with Gasteiger partial charge >= 0.3 is 5.97 Å². The lowest BCUT2D eigenvalue weighted by Gasteiger charge is -2.13. The van der Waals surface area contributed by atoms with Crippen LogP contribution in [0, 0.1) is 6.92 Å². The van der Waals surface area contributed by atoms with Crippen molar-refractivity contribution in [2.45, 2.75) is 25.2 Å². The third kappa shape index (κ3) is 4.70. The van der Waals surface area contributed by atoms with E-state index in [1.807, 2.05) is 32.0 Å². The molecule has 0 saturated heterocycles. The first-order chi connectivity index (χ1) is 12.2. The number of esters is 1. The van der Waals surface area contributed by atoms with Crippen LogP contribution in [0.1, 0.15) is 28.4 Å². The van der Waals surface area contributed by atoms with Crippen molar-refractivity contribution < 1.29 is 22.7 Å². The van der Waals surface area contributed by atoms with Crippen LogP contribution in [0.2, 0.25) is 0 Å². The summed E-state index contributed by atoms with van der Waals surface area (Å²) in [6.45, 7) is 3.35. The molecule has 2 rings (SSSR count). The van der Waals surface area contributed by atoms with Gasteiger partial charge in [0.25, 0.3) is 5.91 Å². The van der Waals surface area contributed by atoms with Crippen molar-refractivity contribution in [1.82, 2.24) is 0 Å². The molecule has 0 saturated carbocycles. The fourth-order valence-electron chi connectivity index (χ4n) is 2.54. The summed E-state index contributed by atoms with van der Waals surface area (Å²) in [4.78, 5) is 24.2. The molecular weight excluding hydrogens is 354 g/mol. The molecule has 0 radical (unpaired) electrons. The molecule has 0 atom stereocenters. The van der Waals surface area contributed by atoms with Gasteiger partial charge in [-0.3, -0.25) is 4.79 Å². The number of nitrogens with one attached hydrogen (secondary N) is 1. The molecule has 0 unspecified atom stereocenters. The SMILES string of the molecule is CCc1cccc(C)c1NC(=O)COC(=O)c1ccccc1S(C)(=O)=O. The number of sulfone groups is 1. The van der Waals surface area contributed by atoms with E-state index in [0.717, 1.165) is 23.8 Å². The Bertz CT molecular complexity index is 935. The molecule has 0 aliphatic carbocycles. The predicted octanol–water partition coefficient (Wildman–Crippen LogP) is 2.76. The first kappa shape index (κ1) is 19.7. The average Bonchev–Trinajstić information content (AvgIpc) is 2.60. The predicted molar refractivity (Wildman–Crippen MR) is 99.0 cm³/mol. The average molecular weight is 375 g/mol. The summed E-state index contributed by atoms with van der Waals surface area (Å²) in [5.41, 5.74) is 2.50. The highest BCUT2D eigenvalue weighted by atomic mass is 32.2. The molecule has 7 heteroatoms. The Kier molecular flexibility index (Phi) is 6.15. The molecule has 1 amide bonds. The van der Waals surface area contributed by atoms with E-state index in [1.165, 1.54) is 24.3 Å². The van der Waals surface area contributed by atoms with E-state index in [0.29, 0.717) is 5.69 Å². The van der Waals surface area contributed by atoms with Gasteiger partial charge in [-0.2, -0.15) is 0 Å². The largest absolute Gasteiger partial charge is 0.452 e. The number of hydrogen-bond donors (Lipinski definition) is 1. The van der Waals surface area contributed by atoms with E-state index in [1.54, 1.807) is 0 Å². The quantitative estimate of drug-likeness (QED) is 0.784. The number of aryl methyl sites for hydroxylation is 2. The Morgan fingerprint density at radius 2 is 1.77 bits per heavy atom. The second-order valence-electron chi connectivity index (χ2n) is 5.86. The number of ether oxygens (including phenoxy) is 1. The number of hydrogen-bond acceptors (Lipinski definition) is 5. The number of rotatable bonds is 6. The van der Waals surface area contributed by atoms with Crippen molar-refractivity contribution >= 4 is 27.4 Å². The maximum atomic E-state index is 12.2. The third-order valence-electron chi connectivity index (χ3n) is 3.85. The molecule has 0 aliphatic heterocycles. The van der Waals surface area contributed by atoms with Crippen molar-refractivity contribution in [3.05, 3.63) is 59.2 Å². The van der Waals surface area contributed by atoms with Crippen molar-refractivity contribution in [1.29, 1.82) is 0 Å². The van der Waals surface area contributed by atoms with Crippen LogP contribution in [0.3, 0.4) is 0 Å². The molecular formula is C19H21NO5S. The van der Waals surface area contributed by atoms with E-state index in [-0.39, 0.29) is 10.5 Å². The number of benzene rings is 2. The van der Waals surface area contributed by atoms with Gasteiger partial charge in [0.15, 0.2) is 16.4 Å². The van der Waals surface area contributed by atoms with E-state index in [4.69, 9.17) is 4.74 Å². The lowest BCUT2D eigenvalue weighted by Crippen LogP contribution is -2.22. The second kappa shape index (κ2) is 8.14. The van der Waals surface area contributed by atoms with Crippen LogP contribution < -0.4 is 5.32 Å². The van der Waals surface area contributed by atoms with Crippen LogP contribution in [-0.4, -0.2) is 33.2 Å². The van der Waals surface area contributed by atoms with Crippen molar-refractivity contribution in [3.63, 3.8) is 0 Å². The number of amides is 1. The molecule has 0 heterocycles. The topological polar surface area (TPSA) is 89.5 Å². The minimum atomic E-state index is -3.58. The van der Waals surface area contributed by atoms with E-state index in [9.17, 15) is 18.0 Å². The molecule has 26 heavy (non-hydrogen) atoms. The number of para-hydroxylation sites is 1. The van der Waals surface area contributed by atoms with E-state index < -0.39 is 28.3 Å². The first-order valence-corrected chi connectivity index (χ1v) is 9.97. The molecule has 0 aromatic heterocycles. The van der Waals surface area contributed by atoms with Crippen LogP contribution in [0.15, 0.2) is 47.4 Å². The number of carbonyl (C=O) groups excluding carboxylic acids is 2. The zero-order chi connectivity index (χ0) is 19.3. The Hall–Kier alpha value is -2.67. The molecule has 0 aliphatic rings. The Morgan fingerprint density at radius 1 is 1.08 bits per heavy atom. The monoisotopic (exact) mass is 375 g/mol. The maximum absolute atomic E-state index is 12.2. The van der Waals surface area contributed by atoms with Crippen molar-refractivity contribution in [2.75, 3.05) is 18.2 Å². The van der Waals surface area contributed by atoms with Gasteiger partial charge in [0.2, 0.25) is 0 Å².